The van der Waals surface area contributed by atoms with Gasteiger partial charge in [0, 0.05) is 39.4 Å². The van der Waals surface area contributed by atoms with Crippen LogP contribution in [0.5, 0.6) is 0 Å². The zero-order chi connectivity index (χ0) is 13.5. The SMILES string of the molecule is CCC(NC(C)CCS(C)=O)c1cccc(Br)c1. The highest BCUT2D eigenvalue weighted by atomic mass is 79.9. The molecule has 1 aromatic carbocycles. The first kappa shape index (κ1) is 15.9. The van der Waals surface area contributed by atoms with Gasteiger partial charge in [-0.15, -0.1) is 0 Å². The molecule has 0 amide bonds. The van der Waals surface area contributed by atoms with Gasteiger partial charge in [-0.05, 0) is 37.5 Å². The maximum absolute atomic E-state index is 11.1. The molecule has 0 aliphatic rings. The van der Waals surface area contributed by atoms with Crippen molar-refractivity contribution in [3.8, 4) is 0 Å². The van der Waals surface area contributed by atoms with Gasteiger partial charge < -0.3 is 5.32 Å². The van der Waals surface area contributed by atoms with Gasteiger partial charge >= 0.3 is 0 Å². The monoisotopic (exact) mass is 331 g/mol. The summed E-state index contributed by atoms with van der Waals surface area (Å²) in [5.74, 6) is 0.767. The van der Waals surface area contributed by atoms with E-state index in [0.717, 1.165) is 23.1 Å². The third-order valence-corrected chi connectivity index (χ3v) is 4.29. The van der Waals surface area contributed by atoms with E-state index >= 15 is 0 Å². The number of benzene rings is 1. The molecule has 18 heavy (non-hydrogen) atoms. The van der Waals surface area contributed by atoms with Crippen LogP contribution >= 0.6 is 15.9 Å². The minimum absolute atomic E-state index is 0.364. The number of hydrogen-bond acceptors (Lipinski definition) is 2. The molecule has 0 heterocycles. The number of halogens is 1. The molecule has 4 heteroatoms. The zero-order valence-corrected chi connectivity index (χ0v) is 13.7. The molecule has 0 radical (unpaired) electrons. The summed E-state index contributed by atoms with van der Waals surface area (Å²) in [6.45, 7) is 4.34. The van der Waals surface area contributed by atoms with Crippen molar-refractivity contribution < 1.29 is 4.21 Å². The Morgan fingerprint density at radius 1 is 1.44 bits per heavy atom. The van der Waals surface area contributed by atoms with Crippen molar-refractivity contribution in [2.45, 2.75) is 38.8 Å². The molecule has 1 aromatic rings. The molecular formula is C14H22BrNOS. The van der Waals surface area contributed by atoms with Crippen molar-refractivity contribution in [3.05, 3.63) is 34.3 Å². The molecule has 2 nitrogen and oxygen atoms in total. The van der Waals surface area contributed by atoms with Gasteiger partial charge in [0.1, 0.15) is 0 Å². The summed E-state index contributed by atoms with van der Waals surface area (Å²) in [5, 5.41) is 3.61. The molecule has 0 fully saturated rings. The minimum atomic E-state index is -0.699. The van der Waals surface area contributed by atoms with Crippen LogP contribution in [-0.4, -0.2) is 22.3 Å². The Balaban J connectivity index is 2.59. The molecule has 0 saturated carbocycles. The van der Waals surface area contributed by atoms with E-state index in [4.69, 9.17) is 0 Å². The maximum atomic E-state index is 11.1. The lowest BCUT2D eigenvalue weighted by molar-refractivity contribution is 0.438. The molecule has 0 aliphatic heterocycles. The van der Waals surface area contributed by atoms with Crippen molar-refractivity contribution in [1.82, 2.24) is 5.32 Å². The number of hydrogen-bond donors (Lipinski definition) is 1. The van der Waals surface area contributed by atoms with Crippen LogP contribution in [0.1, 0.15) is 38.3 Å². The van der Waals surface area contributed by atoms with E-state index in [0.29, 0.717) is 12.1 Å². The molecule has 102 valence electrons. The van der Waals surface area contributed by atoms with Crippen molar-refractivity contribution in [1.29, 1.82) is 0 Å². The normalized spacial score (nSPS) is 16.2. The molecule has 1 rings (SSSR count). The summed E-state index contributed by atoms with van der Waals surface area (Å²) in [7, 11) is -0.699. The molecule has 3 unspecified atom stereocenters. The second-order valence-corrected chi connectivity index (χ2v) is 7.12. The lowest BCUT2D eigenvalue weighted by atomic mass is 10.0. The zero-order valence-electron chi connectivity index (χ0n) is 11.3. The van der Waals surface area contributed by atoms with Crippen LogP contribution in [0.2, 0.25) is 0 Å². The fourth-order valence-electron chi connectivity index (χ4n) is 1.94. The first-order chi connectivity index (χ1) is 8.52. The van der Waals surface area contributed by atoms with E-state index in [1.54, 1.807) is 6.26 Å². The molecule has 0 aromatic heterocycles. The topological polar surface area (TPSA) is 29.1 Å². The molecule has 0 bridgehead atoms. The van der Waals surface area contributed by atoms with Crippen molar-refractivity contribution >= 4 is 26.7 Å². The third kappa shape index (κ3) is 5.63. The largest absolute Gasteiger partial charge is 0.307 e. The summed E-state index contributed by atoms with van der Waals surface area (Å²) in [6.07, 6.45) is 3.77. The summed E-state index contributed by atoms with van der Waals surface area (Å²) < 4.78 is 12.2. The minimum Gasteiger partial charge on any atom is -0.307 e. The molecular weight excluding hydrogens is 310 g/mol. The first-order valence-corrected chi connectivity index (χ1v) is 8.86. The molecule has 1 N–H and O–H groups in total. The Kier molecular flexibility index (Phi) is 7.12. The number of rotatable bonds is 7. The van der Waals surface area contributed by atoms with E-state index in [1.807, 2.05) is 6.07 Å². The lowest BCUT2D eigenvalue weighted by Crippen LogP contribution is -2.31. The Morgan fingerprint density at radius 3 is 2.72 bits per heavy atom. The van der Waals surface area contributed by atoms with Gasteiger partial charge in [0.25, 0.3) is 0 Å². The van der Waals surface area contributed by atoms with Gasteiger partial charge in [-0.25, -0.2) is 0 Å². The van der Waals surface area contributed by atoms with Crippen LogP contribution in [0, 0.1) is 0 Å². The Bertz CT molecular complexity index is 397. The van der Waals surface area contributed by atoms with E-state index in [9.17, 15) is 4.21 Å². The highest BCUT2D eigenvalue weighted by Gasteiger charge is 2.12. The molecule has 0 aliphatic carbocycles. The van der Waals surface area contributed by atoms with Crippen LogP contribution in [-0.2, 0) is 10.8 Å². The average molecular weight is 332 g/mol. The van der Waals surface area contributed by atoms with E-state index in [1.165, 1.54) is 5.56 Å². The van der Waals surface area contributed by atoms with E-state index < -0.39 is 10.8 Å². The number of nitrogens with one attached hydrogen (secondary N) is 1. The quantitative estimate of drug-likeness (QED) is 0.826. The van der Waals surface area contributed by atoms with Crippen molar-refractivity contribution in [2.24, 2.45) is 0 Å². The summed E-state index contributed by atoms with van der Waals surface area (Å²) >= 11 is 3.51. The summed E-state index contributed by atoms with van der Waals surface area (Å²) in [6, 6.07) is 9.17. The van der Waals surface area contributed by atoms with Crippen molar-refractivity contribution in [3.63, 3.8) is 0 Å². The third-order valence-electron chi connectivity index (χ3n) is 2.98. The van der Waals surface area contributed by atoms with Crippen LogP contribution in [0.25, 0.3) is 0 Å². The second-order valence-electron chi connectivity index (χ2n) is 4.65. The van der Waals surface area contributed by atoms with Gasteiger partial charge in [0.05, 0.1) is 0 Å². The smallest absolute Gasteiger partial charge is 0.0320 e. The predicted molar refractivity (Wildman–Crippen MR) is 83.3 cm³/mol. The maximum Gasteiger partial charge on any atom is 0.0320 e. The standard InChI is InChI=1S/C14H22BrNOS/c1-4-14(12-6-5-7-13(15)10-12)16-11(2)8-9-18(3)17/h5-7,10-11,14,16H,4,8-9H2,1-3H3. The van der Waals surface area contributed by atoms with Crippen LogP contribution in [0.3, 0.4) is 0 Å². The van der Waals surface area contributed by atoms with Gasteiger partial charge in [-0.2, -0.15) is 0 Å². The van der Waals surface area contributed by atoms with Crippen LogP contribution in [0.4, 0.5) is 0 Å². The second kappa shape index (κ2) is 8.08. The Morgan fingerprint density at radius 2 is 2.17 bits per heavy atom. The fraction of sp³-hybridized carbons (Fsp3) is 0.571. The van der Waals surface area contributed by atoms with Crippen molar-refractivity contribution in [2.75, 3.05) is 12.0 Å². The lowest BCUT2D eigenvalue weighted by Gasteiger charge is -2.22. The van der Waals surface area contributed by atoms with Gasteiger partial charge in [0.2, 0.25) is 0 Å². The van der Waals surface area contributed by atoms with Gasteiger partial charge in [0.15, 0.2) is 0 Å². The Hall–Kier alpha value is -0.190. The predicted octanol–water partition coefficient (Wildman–Crippen LogP) is 3.65. The summed E-state index contributed by atoms with van der Waals surface area (Å²) in [4.78, 5) is 0. The van der Waals surface area contributed by atoms with Crippen LogP contribution in [0.15, 0.2) is 28.7 Å². The molecule has 3 atom stereocenters. The highest BCUT2D eigenvalue weighted by molar-refractivity contribution is 9.10. The van der Waals surface area contributed by atoms with Gasteiger partial charge in [-0.3, -0.25) is 4.21 Å². The van der Waals surface area contributed by atoms with E-state index in [2.05, 4.69) is 53.3 Å². The van der Waals surface area contributed by atoms with Crippen LogP contribution < -0.4 is 5.32 Å². The first-order valence-electron chi connectivity index (χ1n) is 6.34. The highest BCUT2D eigenvalue weighted by Crippen LogP contribution is 2.21. The molecule has 0 saturated heterocycles. The summed E-state index contributed by atoms with van der Waals surface area (Å²) in [5.41, 5.74) is 1.30. The van der Waals surface area contributed by atoms with E-state index in [-0.39, 0.29) is 0 Å². The van der Waals surface area contributed by atoms with Gasteiger partial charge in [-0.1, -0.05) is 35.0 Å². The fourth-order valence-corrected chi connectivity index (χ4v) is 3.05. The average Bonchev–Trinajstić information content (AvgIpc) is 2.33. The molecule has 0 spiro atoms. The Labute approximate surface area is 121 Å².